The SMILES string of the molecule is CCCc1ccc2c(c1)C(=O)N(c1ccc3c(c1)cc(C)n3C)C2. The van der Waals surface area contributed by atoms with Crippen LogP contribution in [0.15, 0.2) is 42.5 Å². The topological polar surface area (TPSA) is 25.2 Å². The van der Waals surface area contributed by atoms with E-state index in [4.69, 9.17) is 0 Å². The van der Waals surface area contributed by atoms with E-state index >= 15 is 0 Å². The molecule has 0 fully saturated rings. The van der Waals surface area contributed by atoms with Gasteiger partial charge in [0.2, 0.25) is 0 Å². The van der Waals surface area contributed by atoms with Crippen molar-refractivity contribution in [1.29, 1.82) is 0 Å². The maximum absolute atomic E-state index is 12.9. The van der Waals surface area contributed by atoms with Gasteiger partial charge in [-0.05, 0) is 54.8 Å². The van der Waals surface area contributed by atoms with Crippen LogP contribution in [0, 0.1) is 6.92 Å². The highest BCUT2D eigenvalue weighted by Crippen LogP contribution is 2.31. The third-order valence-electron chi connectivity index (χ3n) is 5.09. The molecule has 0 bridgehead atoms. The second-order valence-corrected chi connectivity index (χ2v) is 6.72. The zero-order chi connectivity index (χ0) is 16.8. The maximum Gasteiger partial charge on any atom is 0.258 e. The summed E-state index contributed by atoms with van der Waals surface area (Å²) >= 11 is 0. The average molecular weight is 318 g/mol. The number of nitrogens with zero attached hydrogens (tertiary/aromatic N) is 2. The van der Waals surface area contributed by atoms with Crippen molar-refractivity contribution in [3.63, 3.8) is 0 Å². The number of aromatic nitrogens is 1. The Morgan fingerprint density at radius 1 is 1.08 bits per heavy atom. The van der Waals surface area contributed by atoms with Crippen molar-refractivity contribution in [1.82, 2.24) is 4.57 Å². The monoisotopic (exact) mass is 318 g/mol. The first-order valence-electron chi connectivity index (χ1n) is 8.58. The summed E-state index contributed by atoms with van der Waals surface area (Å²) in [5.41, 5.74) is 6.65. The third-order valence-corrected chi connectivity index (χ3v) is 5.09. The number of fused-ring (bicyclic) bond motifs is 2. The fraction of sp³-hybridized carbons (Fsp3) is 0.286. The Hall–Kier alpha value is -2.55. The molecule has 0 saturated heterocycles. The van der Waals surface area contributed by atoms with E-state index < -0.39 is 0 Å². The molecule has 2 aromatic carbocycles. The number of hydrogen-bond acceptors (Lipinski definition) is 1. The van der Waals surface area contributed by atoms with Crippen molar-refractivity contribution in [2.75, 3.05) is 4.90 Å². The highest BCUT2D eigenvalue weighted by Gasteiger charge is 2.28. The number of aryl methyl sites for hydroxylation is 3. The standard InChI is InChI=1S/C21H22N2O/c1-4-5-15-6-7-16-13-23(21(24)19(16)11-15)18-8-9-20-17(12-18)10-14(2)22(20)3/h6-12H,4-5,13H2,1-3H3. The molecule has 0 unspecified atom stereocenters. The summed E-state index contributed by atoms with van der Waals surface area (Å²) in [6.45, 7) is 4.93. The van der Waals surface area contributed by atoms with Crippen LogP contribution >= 0.6 is 0 Å². The van der Waals surface area contributed by atoms with Crippen LogP contribution in [-0.2, 0) is 20.0 Å². The minimum Gasteiger partial charge on any atom is -0.348 e. The van der Waals surface area contributed by atoms with Crippen LogP contribution in [0.25, 0.3) is 10.9 Å². The fourth-order valence-corrected chi connectivity index (χ4v) is 3.64. The number of anilines is 1. The van der Waals surface area contributed by atoms with Crippen molar-refractivity contribution >= 4 is 22.5 Å². The molecule has 3 heteroatoms. The summed E-state index contributed by atoms with van der Waals surface area (Å²) in [4.78, 5) is 14.8. The Balaban J connectivity index is 1.72. The van der Waals surface area contributed by atoms with Crippen LogP contribution in [0.1, 0.15) is 40.5 Å². The number of carbonyl (C=O) groups is 1. The first-order valence-corrected chi connectivity index (χ1v) is 8.58. The van der Waals surface area contributed by atoms with Gasteiger partial charge in [-0.2, -0.15) is 0 Å². The van der Waals surface area contributed by atoms with E-state index in [0.29, 0.717) is 6.54 Å². The zero-order valence-corrected chi connectivity index (χ0v) is 14.5. The van der Waals surface area contributed by atoms with Gasteiger partial charge in [-0.15, -0.1) is 0 Å². The Morgan fingerprint density at radius 3 is 2.71 bits per heavy atom. The van der Waals surface area contributed by atoms with Gasteiger partial charge in [0.05, 0.1) is 6.54 Å². The van der Waals surface area contributed by atoms with Crippen LogP contribution in [0.4, 0.5) is 5.69 Å². The van der Waals surface area contributed by atoms with Gasteiger partial charge in [0.1, 0.15) is 0 Å². The van der Waals surface area contributed by atoms with E-state index in [1.54, 1.807) is 0 Å². The Bertz CT molecular complexity index is 952. The number of benzene rings is 2. The predicted octanol–water partition coefficient (Wildman–Crippen LogP) is 4.60. The van der Waals surface area contributed by atoms with Gasteiger partial charge >= 0.3 is 0 Å². The van der Waals surface area contributed by atoms with E-state index in [2.05, 4.69) is 67.9 Å². The van der Waals surface area contributed by atoms with Crippen molar-refractivity contribution in [3.8, 4) is 0 Å². The number of amides is 1. The molecular weight excluding hydrogens is 296 g/mol. The molecule has 1 aliphatic rings. The van der Waals surface area contributed by atoms with Crippen molar-refractivity contribution < 1.29 is 4.79 Å². The van der Waals surface area contributed by atoms with Crippen LogP contribution in [0.3, 0.4) is 0 Å². The Labute approximate surface area is 142 Å². The van der Waals surface area contributed by atoms with Gasteiger partial charge in [-0.25, -0.2) is 0 Å². The van der Waals surface area contributed by atoms with Gasteiger partial charge in [0, 0.05) is 34.9 Å². The van der Waals surface area contributed by atoms with Crippen LogP contribution in [-0.4, -0.2) is 10.5 Å². The summed E-state index contributed by atoms with van der Waals surface area (Å²) in [6, 6.07) is 14.8. The van der Waals surface area contributed by atoms with Crippen molar-refractivity contribution in [2.24, 2.45) is 7.05 Å². The lowest BCUT2D eigenvalue weighted by Gasteiger charge is -2.16. The Kier molecular flexibility index (Phi) is 3.45. The van der Waals surface area contributed by atoms with E-state index in [-0.39, 0.29) is 5.91 Å². The predicted molar refractivity (Wildman–Crippen MR) is 98.6 cm³/mol. The normalized spacial score (nSPS) is 13.8. The van der Waals surface area contributed by atoms with Crippen molar-refractivity contribution in [2.45, 2.75) is 33.2 Å². The minimum absolute atomic E-state index is 0.120. The first kappa shape index (κ1) is 15.0. The molecule has 0 radical (unpaired) electrons. The van der Waals surface area contributed by atoms with Crippen LogP contribution in [0.5, 0.6) is 0 Å². The van der Waals surface area contributed by atoms with E-state index in [1.807, 2.05) is 4.90 Å². The van der Waals surface area contributed by atoms with E-state index in [1.165, 1.54) is 22.2 Å². The molecular formula is C21H22N2O. The fourth-order valence-electron chi connectivity index (χ4n) is 3.64. The minimum atomic E-state index is 0.120. The molecule has 1 aromatic heterocycles. The van der Waals surface area contributed by atoms with Crippen LogP contribution < -0.4 is 4.90 Å². The van der Waals surface area contributed by atoms with E-state index in [0.717, 1.165) is 29.7 Å². The molecule has 0 N–H and O–H groups in total. The smallest absolute Gasteiger partial charge is 0.258 e. The third kappa shape index (κ3) is 2.23. The average Bonchev–Trinajstić information content (AvgIpc) is 3.05. The molecule has 3 aromatic rings. The largest absolute Gasteiger partial charge is 0.348 e. The maximum atomic E-state index is 12.9. The number of rotatable bonds is 3. The summed E-state index contributed by atoms with van der Waals surface area (Å²) in [5.74, 6) is 0.120. The molecule has 3 nitrogen and oxygen atoms in total. The highest BCUT2D eigenvalue weighted by atomic mass is 16.2. The molecule has 4 rings (SSSR count). The number of hydrogen-bond donors (Lipinski definition) is 0. The van der Waals surface area contributed by atoms with Crippen molar-refractivity contribution in [3.05, 3.63) is 64.8 Å². The summed E-state index contributed by atoms with van der Waals surface area (Å²) < 4.78 is 2.18. The molecule has 0 spiro atoms. The van der Waals surface area contributed by atoms with Gasteiger partial charge in [-0.3, -0.25) is 4.79 Å². The van der Waals surface area contributed by atoms with Crippen LogP contribution in [0.2, 0.25) is 0 Å². The molecule has 1 aliphatic heterocycles. The summed E-state index contributed by atoms with van der Waals surface area (Å²) in [6.07, 6.45) is 2.12. The van der Waals surface area contributed by atoms with Gasteiger partial charge in [0.15, 0.2) is 0 Å². The summed E-state index contributed by atoms with van der Waals surface area (Å²) in [7, 11) is 2.07. The number of carbonyl (C=O) groups excluding carboxylic acids is 1. The Morgan fingerprint density at radius 2 is 1.92 bits per heavy atom. The second kappa shape index (κ2) is 5.52. The van der Waals surface area contributed by atoms with Gasteiger partial charge in [0.25, 0.3) is 5.91 Å². The molecule has 0 aliphatic carbocycles. The first-order chi connectivity index (χ1) is 11.6. The summed E-state index contributed by atoms with van der Waals surface area (Å²) in [5, 5.41) is 1.18. The molecule has 2 heterocycles. The molecule has 24 heavy (non-hydrogen) atoms. The zero-order valence-electron chi connectivity index (χ0n) is 14.5. The lowest BCUT2D eigenvalue weighted by atomic mass is 10.0. The molecule has 0 atom stereocenters. The van der Waals surface area contributed by atoms with Gasteiger partial charge < -0.3 is 9.47 Å². The quantitative estimate of drug-likeness (QED) is 0.693. The van der Waals surface area contributed by atoms with E-state index in [9.17, 15) is 4.79 Å². The highest BCUT2D eigenvalue weighted by molar-refractivity contribution is 6.10. The lowest BCUT2D eigenvalue weighted by molar-refractivity contribution is 0.0996. The molecule has 122 valence electrons. The van der Waals surface area contributed by atoms with Gasteiger partial charge in [-0.1, -0.05) is 25.5 Å². The lowest BCUT2D eigenvalue weighted by Crippen LogP contribution is -2.22. The second-order valence-electron chi connectivity index (χ2n) is 6.72. The molecule has 0 saturated carbocycles. The molecule has 1 amide bonds.